The molecule has 0 aromatic carbocycles. The van der Waals surface area contributed by atoms with Crippen molar-refractivity contribution in [1.82, 2.24) is 20.4 Å². The number of nitrogens with one attached hydrogen (secondary N) is 2. The normalized spacial score (nSPS) is 23.7. The van der Waals surface area contributed by atoms with Crippen LogP contribution in [-0.2, 0) is 4.79 Å². The minimum absolute atomic E-state index is 0.0209. The van der Waals surface area contributed by atoms with Crippen molar-refractivity contribution in [2.75, 3.05) is 39.3 Å². The van der Waals surface area contributed by atoms with E-state index in [1.807, 2.05) is 16.3 Å². The third-order valence-corrected chi connectivity index (χ3v) is 5.47. The van der Waals surface area contributed by atoms with Crippen molar-refractivity contribution in [2.24, 2.45) is 0 Å². The highest BCUT2D eigenvalue weighted by Gasteiger charge is 2.33. The maximum absolute atomic E-state index is 12.6. The van der Waals surface area contributed by atoms with Gasteiger partial charge >= 0.3 is 0 Å². The molecular weight excluding hydrogens is 312 g/mol. The van der Waals surface area contributed by atoms with Crippen LogP contribution in [0.2, 0.25) is 0 Å². The van der Waals surface area contributed by atoms with Crippen LogP contribution in [0.5, 0.6) is 0 Å². The number of carbonyl (C=O) groups excluding carboxylic acids is 2. The van der Waals surface area contributed by atoms with Crippen molar-refractivity contribution in [1.29, 1.82) is 0 Å². The second-order valence-electron chi connectivity index (χ2n) is 6.19. The van der Waals surface area contributed by atoms with E-state index >= 15 is 0 Å². The molecule has 3 heterocycles. The van der Waals surface area contributed by atoms with Gasteiger partial charge in [-0.25, -0.2) is 0 Å². The molecular formula is C16H24N4O2S. The molecule has 1 aromatic rings. The minimum Gasteiger partial charge on any atom is -0.340 e. The van der Waals surface area contributed by atoms with Crippen LogP contribution in [0.4, 0.5) is 0 Å². The molecule has 0 radical (unpaired) electrons. The molecule has 2 atom stereocenters. The van der Waals surface area contributed by atoms with Crippen molar-refractivity contribution >= 4 is 23.2 Å². The number of thiophene rings is 1. The number of piperazine rings is 1. The fraction of sp³-hybridized carbons (Fsp3) is 0.625. The lowest BCUT2D eigenvalue weighted by Gasteiger charge is -2.32. The van der Waals surface area contributed by atoms with E-state index in [0.717, 1.165) is 45.7 Å². The van der Waals surface area contributed by atoms with Crippen molar-refractivity contribution in [3.05, 3.63) is 22.4 Å². The molecule has 2 unspecified atom stereocenters. The first-order valence-corrected chi connectivity index (χ1v) is 9.11. The summed E-state index contributed by atoms with van der Waals surface area (Å²) in [5, 5.41) is 8.03. The maximum Gasteiger partial charge on any atom is 0.261 e. The van der Waals surface area contributed by atoms with E-state index in [1.54, 1.807) is 13.0 Å². The van der Waals surface area contributed by atoms with Gasteiger partial charge in [0.25, 0.3) is 5.91 Å². The highest BCUT2D eigenvalue weighted by molar-refractivity contribution is 7.12. The molecule has 0 spiro atoms. The van der Waals surface area contributed by atoms with Crippen LogP contribution >= 0.6 is 11.3 Å². The van der Waals surface area contributed by atoms with Gasteiger partial charge < -0.3 is 15.5 Å². The molecule has 3 rings (SSSR count). The van der Waals surface area contributed by atoms with Crippen molar-refractivity contribution in [2.45, 2.75) is 25.4 Å². The minimum atomic E-state index is -0.480. The Hall–Kier alpha value is -1.44. The third-order valence-electron chi connectivity index (χ3n) is 4.61. The highest BCUT2D eigenvalue weighted by Crippen LogP contribution is 2.17. The average Bonchev–Trinajstić information content (AvgIpc) is 3.26. The van der Waals surface area contributed by atoms with Gasteiger partial charge in [0.2, 0.25) is 5.91 Å². The van der Waals surface area contributed by atoms with E-state index in [9.17, 15) is 9.59 Å². The Bertz CT molecular complexity index is 542. The van der Waals surface area contributed by atoms with Crippen molar-refractivity contribution in [3.63, 3.8) is 0 Å². The summed E-state index contributed by atoms with van der Waals surface area (Å²) in [6.07, 6.45) is 1.03. The van der Waals surface area contributed by atoms with Gasteiger partial charge in [-0.2, -0.15) is 0 Å². The van der Waals surface area contributed by atoms with Crippen LogP contribution in [-0.4, -0.2) is 73.0 Å². The fourth-order valence-corrected chi connectivity index (χ4v) is 3.93. The molecule has 0 bridgehead atoms. The number of hydrogen-bond acceptors (Lipinski definition) is 5. The summed E-state index contributed by atoms with van der Waals surface area (Å²) in [5.41, 5.74) is 0. The standard InChI is InChI=1S/C16H24N4O2S/c1-12(18-15(21)14-3-2-10-23-14)16(22)20-7-4-13(11-20)19-8-5-17-6-9-19/h2-3,10,12-13,17H,4-9,11H2,1H3,(H,18,21). The lowest BCUT2D eigenvalue weighted by molar-refractivity contribution is -0.131. The van der Waals surface area contributed by atoms with E-state index in [2.05, 4.69) is 15.5 Å². The van der Waals surface area contributed by atoms with Gasteiger partial charge in [0.15, 0.2) is 0 Å². The number of amides is 2. The predicted octanol–water partition coefficient (Wildman–Crippen LogP) is 0.373. The quantitative estimate of drug-likeness (QED) is 0.834. The molecule has 0 saturated carbocycles. The number of rotatable bonds is 4. The SMILES string of the molecule is CC(NC(=O)c1cccs1)C(=O)N1CCC(N2CCNCC2)C1. The first kappa shape index (κ1) is 16.4. The molecule has 7 heteroatoms. The number of likely N-dealkylation sites (tertiary alicyclic amines) is 1. The molecule has 2 fully saturated rings. The summed E-state index contributed by atoms with van der Waals surface area (Å²) >= 11 is 1.39. The Balaban J connectivity index is 1.50. The lowest BCUT2D eigenvalue weighted by Crippen LogP contribution is -2.50. The summed E-state index contributed by atoms with van der Waals surface area (Å²) in [7, 11) is 0. The molecule has 2 N–H and O–H groups in total. The number of carbonyl (C=O) groups is 2. The summed E-state index contributed by atoms with van der Waals surface area (Å²) in [6.45, 7) is 7.49. The maximum atomic E-state index is 12.6. The van der Waals surface area contributed by atoms with Gasteiger partial charge in [0.05, 0.1) is 4.88 Å². The zero-order chi connectivity index (χ0) is 16.2. The van der Waals surface area contributed by atoms with Crippen LogP contribution in [0.25, 0.3) is 0 Å². The van der Waals surface area contributed by atoms with E-state index in [0.29, 0.717) is 10.9 Å². The summed E-state index contributed by atoms with van der Waals surface area (Å²) < 4.78 is 0. The van der Waals surface area contributed by atoms with E-state index in [-0.39, 0.29) is 11.8 Å². The molecule has 2 amide bonds. The van der Waals surface area contributed by atoms with Crippen LogP contribution in [0.3, 0.4) is 0 Å². The molecule has 1 aromatic heterocycles. The van der Waals surface area contributed by atoms with E-state index < -0.39 is 6.04 Å². The molecule has 2 aliphatic rings. The van der Waals surface area contributed by atoms with Gasteiger partial charge in [-0.1, -0.05) is 6.07 Å². The summed E-state index contributed by atoms with van der Waals surface area (Å²) in [4.78, 5) is 29.6. The Morgan fingerprint density at radius 3 is 2.83 bits per heavy atom. The third kappa shape index (κ3) is 3.91. The van der Waals surface area contributed by atoms with E-state index in [1.165, 1.54) is 11.3 Å². The Kier molecular flexibility index (Phi) is 5.30. The monoisotopic (exact) mass is 336 g/mol. The molecule has 6 nitrogen and oxygen atoms in total. The van der Waals surface area contributed by atoms with Crippen LogP contribution in [0, 0.1) is 0 Å². The predicted molar refractivity (Wildman–Crippen MR) is 90.7 cm³/mol. The molecule has 2 saturated heterocycles. The first-order chi connectivity index (χ1) is 11.1. The molecule has 126 valence electrons. The van der Waals surface area contributed by atoms with Crippen molar-refractivity contribution in [3.8, 4) is 0 Å². The lowest BCUT2D eigenvalue weighted by atomic mass is 10.2. The second kappa shape index (κ2) is 7.42. The number of hydrogen-bond donors (Lipinski definition) is 2. The van der Waals surface area contributed by atoms with Crippen LogP contribution in [0.1, 0.15) is 23.0 Å². The average molecular weight is 336 g/mol. The summed E-state index contributed by atoms with van der Waals surface area (Å²) in [5.74, 6) is -0.147. The largest absolute Gasteiger partial charge is 0.340 e. The Labute approximate surface area is 140 Å². The fourth-order valence-electron chi connectivity index (χ4n) is 3.30. The zero-order valence-corrected chi connectivity index (χ0v) is 14.3. The second-order valence-corrected chi connectivity index (χ2v) is 7.13. The number of nitrogens with zero attached hydrogens (tertiary/aromatic N) is 2. The van der Waals surface area contributed by atoms with Crippen LogP contribution < -0.4 is 10.6 Å². The van der Waals surface area contributed by atoms with Gasteiger partial charge in [0.1, 0.15) is 6.04 Å². The first-order valence-electron chi connectivity index (χ1n) is 8.23. The van der Waals surface area contributed by atoms with Crippen LogP contribution in [0.15, 0.2) is 17.5 Å². The Morgan fingerprint density at radius 1 is 1.35 bits per heavy atom. The topological polar surface area (TPSA) is 64.7 Å². The van der Waals surface area contributed by atoms with Gasteiger partial charge in [0, 0.05) is 45.3 Å². The zero-order valence-electron chi connectivity index (χ0n) is 13.5. The van der Waals surface area contributed by atoms with E-state index in [4.69, 9.17) is 0 Å². The highest BCUT2D eigenvalue weighted by atomic mass is 32.1. The summed E-state index contributed by atoms with van der Waals surface area (Å²) in [6, 6.07) is 3.59. The van der Waals surface area contributed by atoms with Gasteiger partial charge in [-0.05, 0) is 24.8 Å². The van der Waals surface area contributed by atoms with Crippen molar-refractivity contribution < 1.29 is 9.59 Å². The molecule has 0 aliphatic carbocycles. The molecule has 2 aliphatic heterocycles. The van der Waals surface area contributed by atoms with Gasteiger partial charge in [-0.15, -0.1) is 11.3 Å². The molecule has 23 heavy (non-hydrogen) atoms. The smallest absolute Gasteiger partial charge is 0.261 e. The van der Waals surface area contributed by atoms with Gasteiger partial charge in [-0.3, -0.25) is 14.5 Å². The Morgan fingerprint density at radius 2 is 2.13 bits per heavy atom.